The highest BCUT2D eigenvalue weighted by Gasteiger charge is 2.24. The Morgan fingerprint density at radius 3 is 2.32 bits per heavy atom. The molecule has 1 fully saturated rings. The maximum Gasteiger partial charge on any atom is 0.222 e. The highest BCUT2D eigenvalue weighted by molar-refractivity contribution is 5.80. The van der Waals surface area contributed by atoms with E-state index in [0.717, 1.165) is 19.3 Å². The van der Waals surface area contributed by atoms with Gasteiger partial charge in [-0.05, 0) is 19.3 Å². The van der Waals surface area contributed by atoms with E-state index in [1.165, 1.54) is 32.1 Å². The number of Topliss-reactive ketones (excluding diaryl/α,β-unsaturated/α-hetero) is 1. The van der Waals surface area contributed by atoms with Gasteiger partial charge in [0.05, 0.1) is 0 Å². The predicted octanol–water partition coefficient (Wildman–Crippen LogP) is 3.71. The Kier molecular flexibility index (Phi) is 7.76. The molecule has 1 rings (SSSR count). The molecule has 1 saturated carbocycles. The normalized spacial score (nSPS) is 16.6. The fourth-order valence-electron chi connectivity index (χ4n) is 2.75. The van der Waals surface area contributed by atoms with Gasteiger partial charge in [0, 0.05) is 32.4 Å². The van der Waals surface area contributed by atoms with E-state index in [1.54, 1.807) is 0 Å². The van der Waals surface area contributed by atoms with Crippen LogP contribution in [0.3, 0.4) is 0 Å². The molecule has 0 saturated heterocycles. The Labute approximate surface area is 117 Å². The van der Waals surface area contributed by atoms with Crippen LogP contribution in [0.2, 0.25) is 0 Å². The van der Waals surface area contributed by atoms with Crippen molar-refractivity contribution in [3.63, 3.8) is 0 Å². The molecule has 1 aliphatic rings. The lowest BCUT2D eigenvalue weighted by molar-refractivity contribution is -0.134. The molecular weight excluding hydrogens is 238 g/mol. The molecule has 0 N–H and O–H groups in total. The number of hydrogen-bond acceptors (Lipinski definition) is 2. The minimum Gasteiger partial charge on any atom is -0.343 e. The van der Waals surface area contributed by atoms with Gasteiger partial charge in [-0.25, -0.2) is 0 Å². The first kappa shape index (κ1) is 16.2. The monoisotopic (exact) mass is 267 g/mol. The van der Waals surface area contributed by atoms with Crippen LogP contribution in [0.1, 0.15) is 77.6 Å². The third-order valence-electron chi connectivity index (χ3n) is 4.20. The Hall–Kier alpha value is -0.860. The Morgan fingerprint density at radius 1 is 1.11 bits per heavy atom. The average Bonchev–Trinajstić information content (AvgIpc) is 2.42. The zero-order valence-electron chi connectivity index (χ0n) is 12.6. The molecule has 0 aromatic carbocycles. The van der Waals surface area contributed by atoms with E-state index in [4.69, 9.17) is 0 Å². The third-order valence-corrected chi connectivity index (χ3v) is 4.20. The summed E-state index contributed by atoms with van der Waals surface area (Å²) >= 11 is 0. The molecule has 110 valence electrons. The van der Waals surface area contributed by atoms with Crippen LogP contribution in [-0.2, 0) is 9.59 Å². The van der Waals surface area contributed by atoms with Gasteiger partial charge < -0.3 is 4.90 Å². The number of nitrogens with zero attached hydrogens (tertiary/aromatic N) is 1. The van der Waals surface area contributed by atoms with Crippen molar-refractivity contribution in [2.75, 3.05) is 7.05 Å². The van der Waals surface area contributed by atoms with Crippen molar-refractivity contribution >= 4 is 11.7 Å². The van der Waals surface area contributed by atoms with Gasteiger partial charge in [0.1, 0.15) is 5.78 Å². The SMILES string of the molecule is CCCCCCCCC(=O)N(C)C1CCC(=O)CC1. The topological polar surface area (TPSA) is 37.4 Å². The first-order valence-corrected chi connectivity index (χ1v) is 7.92. The summed E-state index contributed by atoms with van der Waals surface area (Å²) in [4.78, 5) is 25.1. The molecule has 1 aliphatic carbocycles. The van der Waals surface area contributed by atoms with Gasteiger partial charge in [-0.1, -0.05) is 39.0 Å². The second-order valence-corrected chi connectivity index (χ2v) is 5.79. The molecule has 1 amide bonds. The molecule has 0 spiro atoms. The Bertz CT molecular complexity index is 278. The molecular formula is C16H29NO2. The summed E-state index contributed by atoms with van der Waals surface area (Å²) in [7, 11) is 1.90. The zero-order valence-corrected chi connectivity index (χ0v) is 12.6. The van der Waals surface area contributed by atoms with Crippen LogP contribution >= 0.6 is 0 Å². The van der Waals surface area contributed by atoms with Crippen LogP contribution < -0.4 is 0 Å². The summed E-state index contributed by atoms with van der Waals surface area (Å²) in [5.41, 5.74) is 0. The fourth-order valence-corrected chi connectivity index (χ4v) is 2.75. The van der Waals surface area contributed by atoms with E-state index in [-0.39, 0.29) is 5.91 Å². The zero-order chi connectivity index (χ0) is 14.1. The van der Waals surface area contributed by atoms with Crippen molar-refractivity contribution in [3.05, 3.63) is 0 Å². The second-order valence-electron chi connectivity index (χ2n) is 5.79. The van der Waals surface area contributed by atoms with Gasteiger partial charge in [0.15, 0.2) is 0 Å². The number of ketones is 1. The van der Waals surface area contributed by atoms with Gasteiger partial charge in [-0.3, -0.25) is 9.59 Å². The van der Waals surface area contributed by atoms with Gasteiger partial charge in [-0.15, -0.1) is 0 Å². The summed E-state index contributed by atoms with van der Waals surface area (Å²) in [6.07, 6.45) is 11.0. The van der Waals surface area contributed by atoms with Crippen molar-refractivity contribution in [2.24, 2.45) is 0 Å². The summed E-state index contributed by atoms with van der Waals surface area (Å²) in [6.45, 7) is 2.22. The maximum atomic E-state index is 12.1. The highest BCUT2D eigenvalue weighted by Crippen LogP contribution is 2.20. The van der Waals surface area contributed by atoms with Gasteiger partial charge in [0.2, 0.25) is 5.91 Å². The molecule has 0 aliphatic heterocycles. The van der Waals surface area contributed by atoms with E-state index in [1.807, 2.05) is 11.9 Å². The summed E-state index contributed by atoms with van der Waals surface area (Å²) in [5.74, 6) is 0.614. The van der Waals surface area contributed by atoms with Gasteiger partial charge >= 0.3 is 0 Å². The largest absolute Gasteiger partial charge is 0.343 e. The van der Waals surface area contributed by atoms with E-state index in [9.17, 15) is 9.59 Å². The smallest absolute Gasteiger partial charge is 0.222 e. The molecule has 19 heavy (non-hydrogen) atoms. The van der Waals surface area contributed by atoms with Crippen molar-refractivity contribution in [2.45, 2.75) is 83.6 Å². The van der Waals surface area contributed by atoms with Crippen molar-refractivity contribution in [1.82, 2.24) is 4.90 Å². The summed E-state index contributed by atoms with van der Waals surface area (Å²) in [5, 5.41) is 0. The maximum absolute atomic E-state index is 12.1. The molecule has 3 heteroatoms. The average molecular weight is 267 g/mol. The first-order valence-electron chi connectivity index (χ1n) is 7.92. The van der Waals surface area contributed by atoms with E-state index in [2.05, 4.69) is 6.92 Å². The molecule has 0 unspecified atom stereocenters. The lowest BCUT2D eigenvalue weighted by Gasteiger charge is -2.30. The number of carbonyl (C=O) groups excluding carboxylic acids is 2. The first-order chi connectivity index (χ1) is 9.15. The number of carbonyl (C=O) groups is 2. The molecule has 3 nitrogen and oxygen atoms in total. The van der Waals surface area contributed by atoms with Gasteiger partial charge in [-0.2, -0.15) is 0 Å². The standard InChI is InChI=1S/C16H29NO2/c1-3-4-5-6-7-8-9-16(19)17(2)14-10-12-15(18)13-11-14/h14H,3-13H2,1-2H3. The van der Waals surface area contributed by atoms with Crippen LogP contribution in [0, 0.1) is 0 Å². The Morgan fingerprint density at radius 2 is 1.68 bits per heavy atom. The molecule has 0 bridgehead atoms. The lowest BCUT2D eigenvalue weighted by Crippen LogP contribution is -2.39. The minimum atomic E-state index is 0.259. The quantitative estimate of drug-likeness (QED) is 0.629. The predicted molar refractivity (Wildman–Crippen MR) is 78.0 cm³/mol. The number of unbranched alkanes of at least 4 members (excludes halogenated alkanes) is 5. The second kappa shape index (κ2) is 9.11. The number of hydrogen-bond donors (Lipinski definition) is 0. The van der Waals surface area contributed by atoms with E-state index < -0.39 is 0 Å². The van der Waals surface area contributed by atoms with E-state index >= 15 is 0 Å². The minimum absolute atomic E-state index is 0.259. The van der Waals surface area contributed by atoms with Crippen molar-refractivity contribution in [1.29, 1.82) is 0 Å². The molecule has 0 aromatic heterocycles. The fraction of sp³-hybridized carbons (Fsp3) is 0.875. The number of amides is 1. The molecule has 0 atom stereocenters. The van der Waals surface area contributed by atoms with Gasteiger partial charge in [0.25, 0.3) is 0 Å². The molecule has 0 radical (unpaired) electrons. The van der Waals surface area contributed by atoms with Crippen LogP contribution in [0.5, 0.6) is 0 Å². The Balaban J connectivity index is 2.12. The van der Waals surface area contributed by atoms with Crippen LogP contribution in [0.25, 0.3) is 0 Å². The highest BCUT2D eigenvalue weighted by atomic mass is 16.2. The van der Waals surface area contributed by atoms with E-state index in [0.29, 0.717) is 31.1 Å². The van der Waals surface area contributed by atoms with Crippen LogP contribution in [0.4, 0.5) is 0 Å². The summed E-state index contributed by atoms with van der Waals surface area (Å²) in [6, 6.07) is 0.297. The van der Waals surface area contributed by atoms with Crippen molar-refractivity contribution < 1.29 is 9.59 Å². The molecule has 0 heterocycles. The summed E-state index contributed by atoms with van der Waals surface area (Å²) < 4.78 is 0. The molecule has 0 aromatic rings. The third kappa shape index (κ3) is 6.22. The lowest BCUT2D eigenvalue weighted by atomic mass is 9.93. The van der Waals surface area contributed by atoms with Crippen LogP contribution in [-0.4, -0.2) is 29.7 Å². The number of rotatable bonds is 8. The van der Waals surface area contributed by atoms with Crippen molar-refractivity contribution in [3.8, 4) is 0 Å². The van der Waals surface area contributed by atoms with Crippen LogP contribution in [0.15, 0.2) is 0 Å².